The first-order valence-corrected chi connectivity index (χ1v) is 10.1. The Morgan fingerprint density at radius 2 is 1.93 bits per heavy atom. The number of benzene rings is 1. The Hall–Kier alpha value is -2.60. The Kier molecular flexibility index (Phi) is 4.99. The van der Waals surface area contributed by atoms with E-state index in [1.165, 1.54) is 18.4 Å². The third kappa shape index (κ3) is 3.76. The molecular weight excluding hydrogens is 356 g/mol. The molecule has 0 unspecified atom stereocenters. The lowest BCUT2D eigenvalue weighted by atomic mass is 10.2. The molecule has 1 saturated heterocycles. The summed E-state index contributed by atoms with van der Waals surface area (Å²) in [5.41, 5.74) is 2.77. The fraction of sp³-hybridized carbons (Fsp3) is 0.333. The van der Waals surface area contributed by atoms with Gasteiger partial charge in [0.1, 0.15) is 5.69 Å². The maximum Gasteiger partial charge on any atom is 0.275 e. The number of aromatic nitrogens is 2. The summed E-state index contributed by atoms with van der Waals surface area (Å²) in [6.07, 6.45) is 6.28. The van der Waals surface area contributed by atoms with Gasteiger partial charge in [0.2, 0.25) is 0 Å². The maximum absolute atomic E-state index is 13.3. The van der Waals surface area contributed by atoms with Crippen LogP contribution in [-0.2, 0) is 13.6 Å². The lowest BCUT2D eigenvalue weighted by Gasteiger charge is -2.22. The molecule has 4 rings (SSSR count). The number of nitrogens with zero attached hydrogens (tertiary/aromatic N) is 4. The zero-order chi connectivity index (χ0) is 18.8. The molecule has 3 heterocycles. The number of hydrogen-bond donors (Lipinski definition) is 0. The number of aryl methyl sites for hydroxylation is 2. The van der Waals surface area contributed by atoms with E-state index in [1.807, 2.05) is 65.3 Å². The van der Waals surface area contributed by atoms with Crippen LogP contribution in [0.5, 0.6) is 0 Å². The minimum absolute atomic E-state index is 0.00229. The van der Waals surface area contributed by atoms with Crippen LogP contribution in [0.25, 0.3) is 0 Å². The fourth-order valence-electron chi connectivity index (χ4n) is 3.41. The van der Waals surface area contributed by atoms with Gasteiger partial charge in [-0.15, -0.1) is 11.3 Å². The maximum atomic E-state index is 13.3. The van der Waals surface area contributed by atoms with E-state index in [0.29, 0.717) is 12.2 Å². The van der Waals surface area contributed by atoms with Crippen molar-refractivity contribution in [1.29, 1.82) is 0 Å². The molecule has 27 heavy (non-hydrogen) atoms. The first kappa shape index (κ1) is 17.8. The van der Waals surface area contributed by atoms with Crippen molar-refractivity contribution in [2.75, 3.05) is 22.9 Å². The van der Waals surface area contributed by atoms with Crippen LogP contribution in [0.4, 0.5) is 10.8 Å². The Morgan fingerprint density at radius 1 is 1.19 bits per heavy atom. The van der Waals surface area contributed by atoms with Crippen LogP contribution in [0.3, 0.4) is 0 Å². The van der Waals surface area contributed by atoms with Gasteiger partial charge >= 0.3 is 0 Å². The van der Waals surface area contributed by atoms with E-state index in [1.54, 1.807) is 11.3 Å². The summed E-state index contributed by atoms with van der Waals surface area (Å²) in [5.74, 6) is 0.00229. The van der Waals surface area contributed by atoms with Gasteiger partial charge in [-0.2, -0.15) is 0 Å². The molecule has 1 aliphatic rings. The average molecular weight is 381 g/mol. The molecule has 5 nitrogen and oxygen atoms in total. The van der Waals surface area contributed by atoms with Crippen molar-refractivity contribution in [2.45, 2.75) is 26.3 Å². The predicted octanol–water partition coefficient (Wildman–Crippen LogP) is 4.24. The van der Waals surface area contributed by atoms with Gasteiger partial charge in [-0.3, -0.25) is 4.79 Å². The topological polar surface area (TPSA) is 41.4 Å². The summed E-state index contributed by atoms with van der Waals surface area (Å²) in [4.78, 5) is 23.1. The standard InChI is InChI=1S/C21H24N4OS/c1-16-7-9-17(10-8-16)25(20(26)19-6-5-11-23(19)2)15-18-14-22-21(27-18)24-12-3-4-13-24/h5-11,14H,3-4,12-13,15H2,1-2H3. The molecule has 1 amide bonds. The lowest BCUT2D eigenvalue weighted by Crippen LogP contribution is -2.31. The summed E-state index contributed by atoms with van der Waals surface area (Å²) in [5, 5.41) is 1.07. The molecule has 0 radical (unpaired) electrons. The predicted molar refractivity (Wildman–Crippen MR) is 111 cm³/mol. The Morgan fingerprint density at radius 3 is 2.59 bits per heavy atom. The van der Waals surface area contributed by atoms with Gasteiger partial charge in [0.05, 0.1) is 6.54 Å². The van der Waals surface area contributed by atoms with E-state index in [9.17, 15) is 4.79 Å². The number of amides is 1. The van der Waals surface area contributed by atoms with Gasteiger partial charge in [-0.05, 0) is 44.0 Å². The molecule has 0 atom stereocenters. The molecule has 0 spiro atoms. The van der Waals surface area contributed by atoms with E-state index in [4.69, 9.17) is 0 Å². The second kappa shape index (κ2) is 7.56. The van der Waals surface area contributed by atoms with Crippen LogP contribution in [0.15, 0.2) is 48.8 Å². The van der Waals surface area contributed by atoms with Gasteiger partial charge < -0.3 is 14.4 Å². The molecule has 1 aromatic carbocycles. The molecule has 140 valence electrons. The molecule has 1 fully saturated rings. The summed E-state index contributed by atoms with van der Waals surface area (Å²) in [6, 6.07) is 11.9. The van der Waals surface area contributed by atoms with Gasteiger partial charge in [-0.1, -0.05) is 17.7 Å². The number of carbonyl (C=O) groups excluding carboxylic acids is 1. The summed E-state index contributed by atoms with van der Waals surface area (Å²) >= 11 is 1.69. The van der Waals surface area contributed by atoms with Crippen molar-refractivity contribution in [3.05, 3.63) is 64.9 Å². The molecule has 2 aromatic heterocycles. The van der Waals surface area contributed by atoms with Crippen LogP contribution < -0.4 is 9.80 Å². The summed E-state index contributed by atoms with van der Waals surface area (Å²) in [6.45, 7) is 4.74. The minimum atomic E-state index is 0.00229. The molecule has 0 saturated carbocycles. The molecule has 1 aliphatic heterocycles. The Balaban J connectivity index is 1.62. The second-order valence-electron chi connectivity index (χ2n) is 7.03. The first-order chi connectivity index (χ1) is 13.1. The zero-order valence-electron chi connectivity index (χ0n) is 15.8. The number of hydrogen-bond acceptors (Lipinski definition) is 4. The van der Waals surface area contributed by atoms with Crippen molar-refractivity contribution in [3.63, 3.8) is 0 Å². The smallest absolute Gasteiger partial charge is 0.275 e. The molecule has 0 N–H and O–H groups in total. The van der Waals surface area contributed by atoms with Crippen molar-refractivity contribution in [3.8, 4) is 0 Å². The average Bonchev–Trinajstić information content (AvgIpc) is 3.41. The van der Waals surface area contributed by atoms with Crippen molar-refractivity contribution in [2.24, 2.45) is 7.05 Å². The van der Waals surface area contributed by atoms with Crippen LogP contribution in [0.2, 0.25) is 0 Å². The van der Waals surface area contributed by atoms with Crippen LogP contribution >= 0.6 is 11.3 Å². The van der Waals surface area contributed by atoms with Gasteiger partial charge in [0.25, 0.3) is 5.91 Å². The summed E-state index contributed by atoms with van der Waals surface area (Å²) < 4.78 is 1.87. The Labute approximate surface area is 163 Å². The van der Waals surface area contributed by atoms with Crippen LogP contribution in [-0.4, -0.2) is 28.5 Å². The number of thiazole rings is 1. The molecule has 0 bridgehead atoms. The number of anilines is 2. The third-order valence-electron chi connectivity index (χ3n) is 4.99. The van der Waals surface area contributed by atoms with Gasteiger partial charge in [0.15, 0.2) is 5.13 Å². The number of carbonyl (C=O) groups is 1. The highest BCUT2D eigenvalue weighted by atomic mass is 32.1. The largest absolute Gasteiger partial charge is 0.348 e. The SMILES string of the molecule is Cc1ccc(N(Cc2cnc(N3CCCC3)s2)C(=O)c2cccn2C)cc1. The zero-order valence-corrected chi connectivity index (χ0v) is 16.6. The highest BCUT2D eigenvalue weighted by molar-refractivity contribution is 7.15. The minimum Gasteiger partial charge on any atom is -0.348 e. The van der Waals surface area contributed by atoms with E-state index in [0.717, 1.165) is 28.8 Å². The summed E-state index contributed by atoms with van der Waals surface area (Å²) in [7, 11) is 1.90. The van der Waals surface area contributed by atoms with Crippen LogP contribution in [0, 0.1) is 6.92 Å². The molecular formula is C21H24N4OS. The van der Waals surface area contributed by atoms with Crippen molar-refractivity contribution < 1.29 is 4.79 Å². The monoisotopic (exact) mass is 380 g/mol. The van der Waals surface area contributed by atoms with Crippen molar-refractivity contribution >= 4 is 28.1 Å². The van der Waals surface area contributed by atoms with E-state index >= 15 is 0 Å². The highest BCUT2D eigenvalue weighted by Gasteiger charge is 2.22. The van der Waals surface area contributed by atoms with Crippen LogP contribution in [0.1, 0.15) is 33.8 Å². The first-order valence-electron chi connectivity index (χ1n) is 9.31. The molecule has 6 heteroatoms. The third-order valence-corrected chi connectivity index (χ3v) is 6.03. The van der Waals surface area contributed by atoms with E-state index in [-0.39, 0.29) is 5.91 Å². The number of rotatable bonds is 5. The normalized spacial score (nSPS) is 13.9. The van der Waals surface area contributed by atoms with Crippen molar-refractivity contribution in [1.82, 2.24) is 9.55 Å². The van der Waals surface area contributed by atoms with Gasteiger partial charge in [0, 0.05) is 43.1 Å². The fourth-order valence-corrected chi connectivity index (χ4v) is 4.36. The van der Waals surface area contributed by atoms with E-state index < -0.39 is 0 Å². The molecule has 3 aromatic rings. The highest BCUT2D eigenvalue weighted by Crippen LogP contribution is 2.29. The van der Waals surface area contributed by atoms with E-state index in [2.05, 4.69) is 16.8 Å². The Bertz CT molecular complexity index is 922. The second-order valence-corrected chi connectivity index (χ2v) is 8.13. The van der Waals surface area contributed by atoms with Gasteiger partial charge in [-0.25, -0.2) is 4.98 Å². The lowest BCUT2D eigenvalue weighted by molar-refractivity contribution is 0.0977. The quantitative estimate of drug-likeness (QED) is 0.665. The molecule has 0 aliphatic carbocycles.